The van der Waals surface area contributed by atoms with Crippen LogP contribution in [-0.2, 0) is 0 Å². The van der Waals surface area contributed by atoms with Crippen LogP contribution < -0.4 is 28.9 Å². The maximum absolute atomic E-state index is 13.0. The molecular weight excluding hydrogens is 344 g/mol. The Bertz CT molecular complexity index is 1150. The molecular formula is C19H22N6O2. The summed E-state index contributed by atoms with van der Waals surface area (Å²) in [6.07, 6.45) is 6.72. The van der Waals surface area contributed by atoms with E-state index in [1.807, 2.05) is 18.2 Å². The van der Waals surface area contributed by atoms with Gasteiger partial charge in [-0.1, -0.05) is 12.1 Å². The van der Waals surface area contributed by atoms with Gasteiger partial charge in [0.05, 0.1) is 16.3 Å². The van der Waals surface area contributed by atoms with E-state index in [2.05, 4.69) is 16.2 Å². The van der Waals surface area contributed by atoms with Crippen LogP contribution in [0.5, 0.6) is 0 Å². The molecule has 9 N–H and O–H groups in total. The van der Waals surface area contributed by atoms with Gasteiger partial charge in [-0.15, -0.1) is 0 Å². The van der Waals surface area contributed by atoms with E-state index in [0.29, 0.717) is 21.9 Å². The topological polar surface area (TPSA) is 169 Å². The van der Waals surface area contributed by atoms with E-state index in [-0.39, 0.29) is 28.9 Å². The summed E-state index contributed by atoms with van der Waals surface area (Å²) in [7, 11) is 0. The Labute approximate surface area is 155 Å². The van der Waals surface area contributed by atoms with Gasteiger partial charge in [0.1, 0.15) is 11.4 Å². The largest absolute Gasteiger partial charge is 0.437 e. The lowest BCUT2D eigenvalue weighted by molar-refractivity contribution is 0.645. The first-order valence-corrected chi connectivity index (χ1v) is 8.48. The highest BCUT2D eigenvalue weighted by Crippen LogP contribution is 2.29. The summed E-state index contributed by atoms with van der Waals surface area (Å²) in [5, 5.41) is 4.22. The van der Waals surface area contributed by atoms with Crippen molar-refractivity contribution in [3.63, 3.8) is 0 Å². The molecule has 4 rings (SSSR count). The van der Waals surface area contributed by atoms with Crippen molar-refractivity contribution in [2.24, 2.45) is 16.7 Å². The van der Waals surface area contributed by atoms with Crippen LogP contribution in [0.1, 0.15) is 36.8 Å². The Morgan fingerprint density at radius 2 is 2.00 bits per heavy atom. The van der Waals surface area contributed by atoms with Gasteiger partial charge in [0.2, 0.25) is 11.1 Å². The van der Waals surface area contributed by atoms with Gasteiger partial charge in [-0.2, -0.15) is 10.1 Å². The van der Waals surface area contributed by atoms with Crippen molar-refractivity contribution in [1.82, 2.24) is 11.1 Å². The summed E-state index contributed by atoms with van der Waals surface area (Å²) >= 11 is 0. The molecule has 27 heavy (non-hydrogen) atoms. The molecule has 140 valence electrons. The molecule has 2 heterocycles. The molecule has 1 aromatic carbocycles. The maximum Gasteiger partial charge on any atom is 0.232 e. The summed E-state index contributed by atoms with van der Waals surface area (Å²) in [4.78, 5) is 17.2. The molecule has 1 aliphatic rings. The summed E-state index contributed by atoms with van der Waals surface area (Å²) in [6.45, 7) is 0. The average molecular weight is 366 g/mol. The van der Waals surface area contributed by atoms with Crippen LogP contribution in [-0.4, -0.2) is 10.8 Å². The summed E-state index contributed by atoms with van der Waals surface area (Å²) < 4.78 is 5.80. The monoisotopic (exact) mass is 366 g/mol. The van der Waals surface area contributed by atoms with E-state index in [1.54, 1.807) is 0 Å². The van der Waals surface area contributed by atoms with Gasteiger partial charge in [-0.3, -0.25) is 4.79 Å². The lowest BCUT2D eigenvalue weighted by atomic mass is 9.93. The maximum atomic E-state index is 13.0. The van der Waals surface area contributed by atoms with Crippen LogP contribution in [0.4, 0.5) is 5.82 Å². The number of hydrogen-bond acceptors (Lipinski definition) is 7. The number of pyridine rings is 1. The Morgan fingerprint density at radius 3 is 2.70 bits per heavy atom. The number of hydrogen-bond donors (Lipinski definition) is 4. The number of rotatable bonds is 2. The van der Waals surface area contributed by atoms with Gasteiger partial charge < -0.3 is 27.9 Å². The third-order valence-electron chi connectivity index (χ3n) is 4.77. The Balaban J connectivity index is 0.00000210. The number of allylic oxidation sites excluding steroid dienone is 2. The lowest BCUT2D eigenvalue weighted by Crippen LogP contribution is -2.19. The van der Waals surface area contributed by atoms with Crippen molar-refractivity contribution in [1.29, 1.82) is 0 Å². The molecule has 0 unspecified atom stereocenters. The number of nitrogens with two attached hydrogens (primary N) is 3. The van der Waals surface area contributed by atoms with E-state index in [9.17, 15) is 4.79 Å². The van der Waals surface area contributed by atoms with Crippen LogP contribution in [0.15, 0.2) is 44.7 Å². The van der Waals surface area contributed by atoms with Crippen LogP contribution in [0.3, 0.4) is 0 Å². The molecule has 0 amide bonds. The van der Waals surface area contributed by atoms with Gasteiger partial charge in [-0.05, 0) is 55.0 Å². The quantitative estimate of drug-likeness (QED) is 0.177. The zero-order valence-corrected chi connectivity index (χ0v) is 14.9. The SMILES string of the molecule is N.NN=C(N)c1cc2c(=O)c3cc(C4=CCCCC4)ccc3oc2nc1N. The first-order valence-electron chi connectivity index (χ1n) is 8.48. The van der Waals surface area contributed by atoms with E-state index in [0.717, 1.165) is 18.4 Å². The molecule has 0 spiro atoms. The second-order valence-electron chi connectivity index (χ2n) is 6.41. The number of amidine groups is 1. The smallest absolute Gasteiger partial charge is 0.232 e. The third-order valence-corrected chi connectivity index (χ3v) is 4.77. The first-order chi connectivity index (χ1) is 12.6. The minimum atomic E-state index is -0.182. The molecule has 0 radical (unpaired) electrons. The molecule has 0 atom stereocenters. The van der Waals surface area contributed by atoms with Crippen LogP contribution in [0.25, 0.3) is 27.6 Å². The van der Waals surface area contributed by atoms with Crippen LogP contribution >= 0.6 is 0 Å². The molecule has 0 aliphatic heterocycles. The fraction of sp³-hybridized carbons (Fsp3) is 0.211. The predicted molar refractivity (Wildman–Crippen MR) is 109 cm³/mol. The molecule has 8 heteroatoms. The van der Waals surface area contributed by atoms with Gasteiger partial charge >= 0.3 is 0 Å². The second kappa shape index (κ2) is 7.08. The standard InChI is InChI=1S/C19H19N5O2.H3N/c20-17-14(18(21)24-22)9-13-16(25)12-8-11(10-4-2-1-3-5-10)6-7-15(12)26-19(13)23-17;/h4,6-9H,1-3,5,22H2,(H2,20,23)(H2,21,24);1H3. The fourth-order valence-corrected chi connectivity index (χ4v) is 3.37. The Morgan fingerprint density at radius 1 is 1.19 bits per heavy atom. The fourth-order valence-electron chi connectivity index (χ4n) is 3.37. The van der Waals surface area contributed by atoms with Crippen molar-refractivity contribution in [2.75, 3.05) is 5.73 Å². The van der Waals surface area contributed by atoms with Crippen molar-refractivity contribution < 1.29 is 4.42 Å². The minimum absolute atomic E-state index is 0. The Hall–Kier alpha value is -3.39. The highest BCUT2D eigenvalue weighted by atomic mass is 16.3. The summed E-state index contributed by atoms with van der Waals surface area (Å²) in [5.74, 6) is 5.34. The summed E-state index contributed by atoms with van der Waals surface area (Å²) in [5.41, 5.74) is 14.7. The van der Waals surface area contributed by atoms with Gasteiger partial charge in [-0.25, -0.2) is 0 Å². The van der Waals surface area contributed by atoms with Crippen LogP contribution in [0, 0.1) is 0 Å². The average Bonchev–Trinajstić information content (AvgIpc) is 2.67. The lowest BCUT2D eigenvalue weighted by Gasteiger charge is -2.13. The van der Waals surface area contributed by atoms with E-state index < -0.39 is 0 Å². The normalized spacial score (nSPS) is 14.8. The highest BCUT2D eigenvalue weighted by molar-refractivity contribution is 6.04. The molecule has 8 nitrogen and oxygen atoms in total. The number of nitrogen functional groups attached to an aromatic ring is 1. The second-order valence-corrected chi connectivity index (χ2v) is 6.41. The minimum Gasteiger partial charge on any atom is -0.437 e. The van der Waals surface area contributed by atoms with Crippen molar-refractivity contribution in [3.05, 3.63) is 51.7 Å². The third kappa shape index (κ3) is 3.11. The predicted octanol–water partition coefficient (Wildman–Crippen LogP) is 2.62. The molecule has 3 aromatic rings. The molecule has 0 saturated carbocycles. The Kier molecular flexibility index (Phi) is 4.83. The van der Waals surface area contributed by atoms with Gasteiger partial charge in [0, 0.05) is 0 Å². The number of hydrazone groups is 1. The van der Waals surface area contributed by atoms with Gasteiger partial charge in [0.15, 0.2) is 5.84 Å². The number of fused-ring (bicyclic) bond motifs is 2. The van der Waals surface area contributed by atoms with Crippen LogP contribution in [0.2, 0.25) is 0 Å². The summed E-state index contributed by atoms with van der Waals surface area (Å²) in [6, 6.07) is 7.20. The van der Waals surface area contributed by atoms with E-state index in [1.165, 1.54) is 24.5 Å². The first kappa shape index (κ1) is 18.4. The van der Waals surface area contributed by atoms with Crippen molar-refractivity contribution in [2.45, 2.75) is 25.7 Å². The number of anilines is 1. The van der Waals surface area contributed by atoms with Crippen molar-refractivity contribution >= 4 is 39.3 Å². The zero-order chi connectivity index (χ0) is 18.3. The van der Waals surface area contributed by atoms with Crippen molar-refractivity contribution in [3.8, 4) is 0 Å². The highest BCUT2D eigenvalue weighted by Gasteiger charge is 2.15. The molecule has 2 aromatic heterocycles. The molecule has 1 aliphatic carbocycles. The molecule has 0 saturated heterocycles. The van der Waals surface area contributed by atoms with E-state index >= 15 is 0 Å². The van der Waals surface area contributed by atoms with E-state index in [4.69, 9.17) is 21.7 Å². The van der Waals surface area contributed by atoms with Gasteiger partial charge in [0.25, 0.3) is 0 Å². The molecule has 0 fully saturated rings. The number of aromatic nitrogens is 1. The zero-order valence-electron chi connectivity index (χ0n) is 14.9. The molecule has 0 bridgehead atoms. The number of benzene rings is 1. The number of nitrogens with zero attached hydrogens (tertiary/aromatic N) is 2.